The molecule has 0 aliphatic heterocycles. The van der Waals surface area contributed by atoms with Gasteiger partial charge in [-0.05, 0) is 6.42 Å². The van der Waals surface area contributed by atoms with E-state index in [2.05, 4.69) is 11.9 Å². The molecule has 1 amide bonds. The Kier molecular flexibility index (Phi) is 8.64. The number of hydrogen-bond acceptors (Lipinski definition) is 5. The van der Waals surface area contributed by atoms with Crippen LogP contribution in [-0.2, 0) is 14.4 Å². The Labute approximate surface area is 115 Å². The topological polar surface area (TPSA) is 130 Å². The normalized spacial score (nSPS) is 13.3. The van der Waals surface area contributed by atoms with E-state index in [0.29, 0.717) is 5.75 Å². The van der Waals surface area contributed by atoms with Crippen LogP contribution in [-0.4, -0.2) is 51.6 Å². The van der Waals surface area contributed by atoms with Crippen molar-refractivity contribution in [2.24, 2.45) is 5.73 Å². The number of carboxylic acid groups (broad SMARTS) is 2. The summed E-state index contributed by atoms with van der Waals surface area (Å²) in [6, 6.07) is -2.12. The highest BCUT2D eigenvalue weighted by molar-refractivity contribution is 7.99. The summed E-state index contributed by atoms with van der Waals surface area (Å²) in [5.41, 5.74) is 5.24. The predicted molar refractivity (Wildman–Crippen MR) is 71.9 cm³/mol. The van der Waals surface area contributed by atoms with Gasteiger partial charge in [0.15, 0.2) is 0 Å². The van der Waals surface area contributed by atoms with Gasteiger partial charge in [0.25, 0.3) is 0 Å². The molecular weight excluding hydrogens is 272 g/mol. The third-order valence-corrected chi connectivity index (χ3v) is 3.19. The first-order valence-corrected chi connectivity index (χ1v) is 6.73. The molecule has 0 aromatic rings. The molecule has 2 atom stereocenters. The monoisotopic (exact) mass is 290 g/mol. The summed E-state index contributed by atoms with van der Waals surface area (Å²) < 4.78 is 0. The van der Waals surface area contributed by atoms with Crippen LogP contribution in [0.3, 0.4) is 0 Å². The van der Waals surface area contributed by atoms with Gasteiger partial charge >= 0.3 is 11.9 Å². The fourth-order valence-corrected chi connectivity index (χ4v) is 1.88. The number of rotatable bonds is 10. The molecule has 8 heteroatoms. The second kappa shape index (κ2) is 9.40. The Morgan fingerprint density at radius 2 is 1.95 bits per heavy atom. The summed E-state index contributed by atoms with van der Waals surface area (Å²) in [5.74, 6) is -2.04. The minimum atomic E-state index is -1.19. The summed E-state index contributed by atoms with van der Waals surface area (Å²) in [4.78, 5) is 32.8. The number of nitrogens with one attached hydrogen (secondary N) is 1. The molecule has 0 aromatic carbocycles. The van der Waals surface area contributed by atoms with Crippen LogP contribution in [0.5, 0.6) is 0 Å². The van der Waals surface area contributed by atoms with E-state index >= 15 is 0 Å². The third-order valence-electron chi connectivity index (χ3n) is 2.15. The van der Waals surface area contributed by atoms with Crippen molar-refractivity contribution in [1.82, 2.24) is 5.32 Å². The van der Waals surface area contributed by atoms with Crippen molar-refractivity contribution >= 4 is 29.6 Å². The van der Waals surface area contributed by atoms with Crippen LogP contribution < -0.4 is 11.1 Å². The Balaban J connectivity index is 4.13. The second-order valence-corrected chi connectivity index (χ2v) is 4.84. The molecule has 0 aliphatic carbocycles. The number of hydrogen-bond donors (Lipinski definition) is 4. The van der Waals surface area contributed by atoms with E-state index in [4.69, 9.17) is 15.9 Å². The molecule has 19 heavy (non-hydrogen) atoms. The van der Waals surface area contributed by atoms with E-state index in [1.807, 2.05) is 0 Å². The average Bonchev–Trinajstić information content (AvgIpc) is 2.34. The quantitative estimate of drug-likeness (QED) is 0.320. The third kappa shape index (κ3) is 8.22. The molecule has 0 bridgehead atoms. The van der Waals surface area contributed by atoms with Gasteiger partial charge in [0.05, 0.1) is 0 Å². The van der Waals surface area contributed by atoms with Crippen molar-refractivity contribution in [2.45, 2.75) is 24.9 Å². The van der Waals surface area contributed by atoms with E-state index in [-0.39, 0.29) is 18.6 Å². The van der Waals surface area contributed by atoms with Gasteiger partial charge in [0, 0.05) is 17.9 Å². The molecule has 108 valence electrons. The summed E-state index contributed by atoms with van der Waals surface area (Å²) in [5, 5.41) is 19.8. The van der Waals surface area contributed by atoms with Crippen molar-refractivity contribution in [1.29, 1.82) is 0 Å². The average molecular weight is 290 g/mol. The van der Waals surface area contributed by atoms with Crippen molar-refractivity contribution in [2.75, 3.05) is 11.5 Å². The predicted octanol–water partition coefficient (Wildman–Crippen LogP) is -0.333. The zero-order chi connectivity index (χ0) is 14.8. The molecule has 0 aromatic heterocycles. The van der Waals surface area contributed by atoms with Crippen LogP contribution in [0.15, 0.2) is 12.7 Å². The molecule has 0 saturated carbocycles. The summed E-state index contributed by atoms with van der Waals surface area (Å²) in [6.45, 7) is 3.50. The molecule has 0 rings (SSSR count). The van der Waals surface area contributed by atoms with Gasteiger partial charge in [0.1, 0.15) is 12.1 Å². The molecule has 0 heterocycles. The van der Waals surface area contributed by atoms with E-state index in [1.54, 1.807) is 6.08 Å². The van der Waals surface area contributed by atoms with Crippen LogP contribution in [0.25, 0.3) is 0 Å². The van der Waals surface area contributed by atoms with E-state index in [9.17, 15) is 14.4 Å². The zero-order valence-corrected chi connectivity index (χ0v) is 11.2. The Bertz CT molecular complexity index is 348. The van der Waals surface area contributed by atoms with Crippen LogP contribution >= 0.6 is 11.8 Å². The maximum absolute atomic E-state index is 11.5. The molecule has 5 N–H and O–H groups in total. The lowest BCUT2D eigenvalue weighted by Crippen LogP contribution is -2.43. The second-order valence-electron chi connectivity index (χ2n) is 3.77. The van der Waals surface area contributed by atoms with Gasteiger partial charge in [-0.2, -0.15) is 11.8 Å². The van der Waals surface area contributed by atoms with Gasteiger partial charge in [-0.25, -0.2) is 4.79 Å². The summed E-state index contributed by atoms with van der Waals surface area (Å²) in [6.07, 6.45) is 1.48. The molecule has 7 nitrogen and oxygen atoms in total. The Hall–Kier alpha value is -1.54. The lowest BCUT2D eigenvalue weighted by Gasteiger charge is -2.14. The standard InChI is InChI=1S/C11H18N2O5S/c1-2-5-19-6-8(11(17)18)13-9(14)4-3-7(12)10(15)16/h2,7-8H,1,3-6,12H2,(H,13,14)(H,15,16)(H,17,18)/t7?,8-/m0/s1. The number of carboxylic acids is 2. The number of thioether (sulfide) groups is 1. The highest BCUT2D eigenvalue weighted by atomic mass is 32.2. The Morgan fingerprint density at radius 1 is 1.32 bits per heavy atom. The van der Waals surface area contributed by atoms with Gasteiger partial charge in [0.2, 0.25) is 5.91 Å². The minimum absolute atomic E-state index is 0.0344. The molecule has 0 radical (unpaired) electrons. The van der Waals surface area contributed by atoms with Crippen LogP contribution in [0.4, 0.5) is 0 Å². The van der Waals surface area contributed by atoms with Crippen molar-refractivity contribution in [3.05, 3.63) is 12.7 Å². The number of nitrogens with two attached hydrogens (primary N) is 1. The van der Waals surface area contributed by atoms with Crippen molar-refractivity contribution in [3.63, 3.8) is 0 Å². The number of aliphatic carboxylic acids is 2. The zero-order valence-electron chi connectivity index (χ0n) is 10.4. The van der Waals surface area contributed by atoms with Crippen molar-refractivity contribution < 1.29 is 24.6 Å². The number of amides is 1. The van der Waals surface area contributed by atoms with Crippen LogP contribution in [0.2, 0.25) is 0 Å². The first-order valence-electron chi connectivity index (χ1n) is 5.57. The minimum Gasteiger partial charge on any atom is -0.480 e. The highest BCUT2D eigenvalue weighted by Gasteiger charge is 2.20. The molecular formula is C11H18N2O5S. The van der Waals surface area contributed by atoms with Gasteiger partial charge < -0.3 is 21.3 Å². The van der Waals surface area contributed by atoms with Crippen LogP contribution in [0, 0.1) is 0 Å². The lowest BCUT2D eigenvalue weighted by atomic mass is 10.1. The van der Waals surface area contributed by atoms with Gasteiger partial charge in [-0.1, -0.05) is 6.08 Å². The Morgan fingerprint density at radius 3 is 2.42 bits per heavy atom. The summed E-state index contributed by atoms with van der Waals surface area (Å²) in [7, 11) is 0. The smallest absolute Gasteiger partial charge is 0.327 e. The first-order chi connectivity index (χ1) is 8.88. The SMILES string of the molecule is C=CCSC[C@H](NC(=O)CCC(N)C(=O)O)C(=O)O. The first kappa shape index (κ1) is 17.5. The molecule has 0 spiro atoms. The number of carbonyl (C=O) groups excluding carboxylic acids is 1. The summed E-state index contributed by atoms with van der Waals surface area (Å²) >= 11 is 1.33. The van der Waals surface area contributed by atoms with Crippen molar-refractivity contribution in [3.8, 4) is 0 Å². The molecule has 0 fully saturated rings. The molecule has 1 unspecified atom stereocenters. The van der Waals surface area contributed by atoms with Gasteiger partial charge in [-0.3, -0.25) is 9.59 Å². The fourth-order valence-electron chi connectivity index (χ4n) is 1.12. The maximum atomic E-state index is 11.5. The maximum Gasteiger partial charge on any atom is 0.327 e. The van der Waals surface area contributed by atoms with E-state index in [0.717, 1.165) is 0 Å². The van der Waals surface area contributed by atoms with Gasteiger partial charge in [-0.15, -0.1) is 6.58 Å². The van der Waals surface area contributed by atoms with Crippen LogP contribution in [0.1, 0.15) is 12.8 Å². The van der Waals surface area contributed by atoms with E-state index in [1.165, 1.54) is 11.8 Å². The number of carbonyl (C=O) groups is 3. The fraction of sp³-hybridized carbons (Fsp3) is 0.545. The lowest BCUT2D eigenvalue weighted by molar-refractivity contribution is -0.141. The largest absolute Gasteiger partial charge is 0.480 e. The molecule has 0 aliphatic rings. The highest BCUT2D eigenvalue weighted by Crippen LogP contribution is 2.04. The van der Waals surface area contributed by atoms with E-state index < -0.39 is 29.9 Å². The molecule has 0 saturated heterocycles.